The molecule has 6 nitrogen and oxygen atoms in total. The van der Waals surface area contributed by atoms with Crippen LogP contribution in [-0.2, 0) is 9.47 Å². The Morgan fingerprint density at radius 1 is 0.960 bits per heavy atom. The maximum atomic E-state index is 12.9. The fraction of sp³-hybridized carbons (Fsp3) is 0.421. The Hall–Kier alpha value is -2.31. The van der Waals surface area contributed by atoms with Crippen LogP contribution in [-0.4, -0.2) is 40.5 Å². The quantitative estimate of drug-likeness (QED) is 0.845. The zero-order valence-electron chi connectivity index (χ0n) is 15.3. The molecule has 0 saturated carbocycles. The normalized spacial score (nSPS) is 19.7. The molecule has 0 amide bonds. The molecule has 134 valence electrons. The van der Waals surface area contributed by atoms with Crippen molar-refractivity contribution in [3.8, 4) is 17.2 Å². The van der Waals surface area contributed by atoms with Gasteiger partial charge in [-0.2, -0.15) is 0 Å². The standard InChI is InChI=1S/C19H22O6/c1-9-7-8-11-13(16(9)21-3)18(23-5)14-12(17(11)22-4)10(2)25-19(24-6)15(14)20/h7-8,10,19H,1-6H3/t10-,19+/m0/s1. The van der Waals surface area contributed by atoms with Crippen LogP contribution in [0.5, 0.6) is 17.2 Å². The molecular formula is C19H22O6. The number of carbonyl (C=O) groups excluding carboxylic acids is 1. The van der Waals surface area contributed by atoms with Crippen molar-refractivity contribution in [3.05, 3.63) is 28.8 Å². The molecule has 2 aromatic rings. The zero-order chi connectivity index (χ0) is 18.3. The van der Waals surface area contributed by atoms with Crippen molar-refractivity contribution < 1.29 is 28.5 Å². The van der Waals surface area contributed by atoms with Gasteiger partial charge >= 0.3 is 0 Å². The van der Waals surface area contributed by atoms with E-state index < -0.39 is 12.4 Å². The monoisotopic (exact) mass is 346 g/mol. The smallest absolute Gasteiger partial charge is 0.223 e. The molecule has 1 aliphatic heterocycles. The molecular weight excluding hydrogens is 324 g/mol. The number of Topliss-reactive ketones (excluding diaryl/α,β-unsaturated/α-hetero) is 1. The summed E-state index contributed by atoms with van der Waals surface area (Å²) >= 11 is 0. The fourth-order valence-corrected chi connectivity index (χ4v) is 3.52. The highest BCUT2D eigenvalue weighted by atomic mass is 16.7. The first-order chi connectivity index (χ1) is 12.0. The van der Waals surface area contributed by atoms with Crippen LogP contribution in [0.3, 0.4) is 0 Å². The predicted octanol–water partition coefficient (Wildman–Crippen LogP) is 3.42. The molecule has 0 aromatic heterocycles. The summed E-state index contributed by atoms with van der Waals surface area (Å²) in [7, 11) is 6.15. The number of fused-ring (bicyclic) bond motifs is 2. The highest BCUT2D eigenvalue weighted by Gasteiger charge is 2.39. The second-order valence-corrected chi connectivity index (χ2v) is 5.90. The summed E-state index contributed by atoms with van der Waals surface area (Å²) in [5.41, 5.74) is 2.02. The molecule has 3 rings (SSSR count). The first kappa shape index (κ1) is 17.5. The van der Waals surface area contributed by atoms with Gasteiger partial charge in [-0.05, 0) is 25.5 Å². The lowest BCUT2D eigenvalue weighted by Crippen LogP contribution is -2.34. The van der Waals surface area contributed by atoms with E-state index in [-0.39, 0.29) is 5.78 Å². The Morgan fingerprint density at radius 2 is 1.60 bits per heavy atom. The second kappa shape index (κ2) is 6.54. The van der Waals surface area contributed by atoms with Gasteiger partial charge in [-0.15, -0.1) is 0 Å². The van der Waals surface area contributed by atoms with Crippen molar-refractivity contribution in [2.45, 2.75) is 26.2 Å². The number of ether oxygens (including phenoxy) is 5. The molecule has 0 radical (unpaired) electrons. The number of carbonyl (C=O) groups is 1. The van der Waals surface area contributed by atoms with E-state index in [0.717, 1.165) is 10.9 Å². The summed E-state index contributed by atoms with van der Waals surface area (Å²) in [6.07, 6.45) is -1.37. The van der Waals surface area contributed by atoms with Gasteiger partial charge in [0.15, 0.2) is 0 Å². The number of benzene rings is 2. The second-order valence-electron chi connectivity index (χ2n) is 5.90. The minimum atomic E-state index is -0.977. The lowest BCUT2D eigenvalue weighted by Gasteiger charge is -2.31. The van der Waals surface area contributed by atoms with Gasteiger partial charge in [0.1, 0.15) is 17.2 Å². The van der Waals surface area contributed by atoms with Crippen molar-refractivity contribution in [1.82, 2.24) is 0 Å². The number of rotatable bonds is 4. The van der Waals surface area contributed by atoms with E-state index in [2.05, 4.69) is 0 Å². The highest BCUT2D eigenvalue weighted by molar-refractivity contribution is 6.12. The van der Waals surface area contributed by atoms with Crippen LogP contribution in [0.1, 0.15) is 34.5 Å². The van der Waals surface area contributed by atoms with E-state index in [9.17, 15) is 4.79 Å². The van der Waals surface area contributed by atoms with Gasteiger partial charge in [-0.3, -0.25) is 4.79 Å². The summed E-state index contributed by atoms with van der Waals surface area (Å²) in [6.45, 7) is 3.80. The molecule has 0 N–H and O–H groups in total. The minimum Gasteiger partial charge on any atom is -0.496 e. The van der Waals surface area contributed by atoms with Gasteiger partial charge in [0.25, 0.3) is 0 Å². The minimum absolute atomic E-state index is 0.295. The Kier molecular flexibility index (Phi) is 4.58. The Labute approximate surface area is 146 Å². The molecule has 0 fully saturated rings. The molecule has 2 aromatic carbocycles. The Balaban J connectivity index is 2.53. The molecule has 0 spiro atoms. The summed E-state index contributed by atoms with van der Waals surface area (Å²) in [6, 6.07) is 3.89. The molecule has 1 heterocycles. The van der Waals surface area contributed by atoms with E-state index in [0.29, 0.717) is 33.8 Å². The number of ketones is 1. The maximum absolute atomic E-state index is 12.9. The predicted molar refractivity (Wildman–Crippen MR) is 93.0 cm³/mol. The van der Waals surface area contributed by atoms with Crippen LogP contribution >= 0.6 is 0 Å². The summed E-state index contributed by atoms with van der Waals surface area (Å²) < 4.78 is 27.8. The van der Waals surface area contributed by atoms with Crippen LogP contribution < -0.4 is 14.2 Å². The average Bonchev–Trinajstić information content (AvgIpc) is 2.62. The van der Waals surface area contributed by atoms with E-state index in [1.54, 1.807) is 21.3 Å². The average molecular weight is 346 g/mol. The summed E-state index contributed by atoms with van der Waals surface area (Å²) in [5.74, 6) is 1.39. The van der Waals surface area contributed by atoms with Gasteiger partial charge < -0.3 is 23.7 Å². The van der Waals surface area contributed by atoms with Gasteiger partial charge in [0, 0.05) is 18.1 Å². The van der Waals surface area contributed by atoms with Gasteiger partial charge in [-0.1, -0.05) is 6.07 Å². The zero-order valence-corrected chi connectivity index (χ0v) is 15.3. The van der Waals surface area contributed by atoms with Crippen molar-refractivity contribution in [3.63, 3.8) is 0 Å². The SMILES string of the molecule is COc1c2c(c(OC)c3c(OC)c(C)ccc13)C(=O)[C@H](OC)O[C@H]2C. The summed E-state index contributed by atoms with van der Waals surface area (Å²) in [5, 5.41) is 1.51. The molecule has 2 atom stereocenters. The molecule has 25 heavy (non-hydrogen) atoms. The molecule has 1 aliphatic rings. The van der Waals surface area contributed by atoms with Crippen molar-refractivity contribution >= 4 is 16.6 Å². The molecule has 0 saturated heterocycles. The first-order valence-corrected chi connectivity index (χ1v) is 7.97. The van der Waals surface area contributed by atoms with Crippen LogP contribution in [0.25, 0.3) is 10.8 Å². The number of hydrogen-bond donors (Lipinski definition) is 0. The third-order valence-electron chi connectivity index (χ3n) is 4.59. The maximum Gasteiger partial charge on any atom is 0.223 e. The van der Waals surface area contributed by atoms with Gasteiger partial charge in [-0.25, -0.2) is 0 Å². The molecule has 0 aliphatic carbocycles. The van der Waals surface area contributed by atoms with Crippen LogP contribution in [0, 0.1) is 6.92 Å². The topological polar surface area (TPSA) is 63.2 Å². The molecule has 6 heteroatoms. The van der Waals surface area contributed by atoms with Gasteiger partial charge in [0.2, 0.25) is 12.1 Å². The van der Waals surface area contributed by atoms with Crippen molar-refractivity contribution in [1.29, 1.82) is 0 Å². The van der Waals surface area contributed by atoms with E-state index in [1.807, 2.05) is 26.0 Å². The first-order valence-electron chi connectivity index (χ1n) is 7.97. The van der Waals surface area contributed by atoms with E-state index in [1.165, 1.54) is 7.11 Å². The Morgan fingerprint density at radius 3 is 2.16 bits per heavy atom. The van der Waals surface area contributed by atoms with E-state index in [4.69, 9.17) is 23.7 Å². The lowest BCUT2D eigenvalue weighted by atomic mass is 9.89. The van der Waals surface area contributed by atoms with Crippen LogP contribution in [0.15, 0.2) is 12.1 Å². The summed E-state index contributed by atoms with van der Waals surface area (Å²) in [4.78, 5) is 12.9. The van der Waals surface area contributed by atoms with Gasteiger partial charge in [0.05, 0.1) is 38.4 Å². The molecule has 0 unspecified atom stereocenters. The van der Waals surface area contributed by atoms with Crippen LogP contribution in [0.4, 0.5) is 0 Å². The lowest BCUT2D eigenvalue weighted by molar-refractivity contribution is -0.130. The molecule has 0 bridgehead atoms. The number of aryl methyl sites for hydroxylation is 1. The number of hydrogen-bond acceptors (Lipinski definition) is 6. The van der Waals surface area contributed by atoms with E-state index >= 15 is 0 Å². The third kappa shape index (κ3) is 2.44. The third-order valence-corrected chi connectivity index (χ3v) is 4.59. The number of methoxy groups -OCH3 is 4. The largest absolute Gasteiger partial charge is 0.496 e. The Bertz CT molecular complexity index is 842. The van der Waals surface area contributed by atoms with Crippen molar-refractivity contribution in [2.24, 2.45) is 0 Å². The highest BCUT2D eigenvalue weighted by Crippen LogP contribution is 2.50. The van der Waals surface area contributed by atoms with Crippen molar-refractivity contribution in [2.75, 3.05) is 28.4 Å². The fourth-order valence-electron chi connectivity index (χ4n) is 3.52. The van der Waals surface area contributed by atoms with Crippen LogP contribution in [0.2, 0.25) is 0 Å².